The van der Waals surface area contributed by atoms with Gasteiger partial charge in [-0.05, 0) is 31.5 Å². The second kappa shape index (κ2) is 8.52. The Morgan fingerprint density at radius 3 is 2.61 bits per heavy atom. The standard InChI is InChI=1S/C15H23ClN2O4S/c1-5-11(2)18(12(3)19)9-8-17-23(20,21)15-10-13(16)6-7-14(15)22-4/h6-7,10-11,17H,5,8-9H2,1-4H3. The minimum absolute atomic E-state index is 0.0228. The molecule has 0 aliphatic rings. The van der Waals surface area contributed by atoms with Crippen LogP contribution in [0.4, 0.5) is 0 Å². The maximum absolute atomic E-state index is 12.4. The van der Waals surface area contributed by atoms with Crippen LogP contribution in [0.25, 0.3) is 0 Å². The monoisotopic (exact) mass is 362 g/mol. The Kier molecular flexibility index (Phi) is 7.31. The van der Waals surface area contributed by atoms with Gasteiger partial charge in [-0.2, -0.15) is 0 Å². The minimum Gasteiger partial charge on any atom is -0.495 e. The van der Waals surface area contributed by atoms with Crippen LogP contribution in [-0.2, 0) is 14.8 Å². The molecule has 1 atom stereocenters. The summed E-state index contributed by atoms with van der Waals surface area (Å²) < 4.78 is 32.4. The lowest BCUT2D eigenvalue weighted by atomic mass is 10.2. The molecule has 0 fully saturated rings. The third-order valence-electron chi connectivity index (χ3n) is 3.59. The maximum atomic E-state index is 12.4. The van der Waals surface area contributed by atoms with Crippen molar-refractivity contribution in [3.63, 3.8) is 0 Å². The molecular formula is C15H23ClN2O4S. The molecule has 0 saturated heterocycles. The summed E-state index contributed by atoms with van der Waals surface area (Å²) in [6.07, 6.45) is 0.800. The molecule has 1 rings (SSSR count). The van der Waals surface area contributed by atoms with Crippen molar-refractivity contribution in [1.29, 1.82) is 0 Å². The van der Waals surface area contributed by atoms with E-state index in [2.05, 4.69) is 4.72 Å². The number of rotatable bonds is 8. The van der Waals surface area contributed by atoms with Crippen LogP contribution in [0.5, 0.6) is 5.75 Å². The zero-order valence-corrected chi connectivity index (χ0v) is 15.4. The average Bonchev–Trinajstić information content (AvgIpc) is 2.50. The highest BCUT2D eigenvalue weighted by atomic mass is 35.5. The van der Waals surface area contributed by atoms with Crippen molar-refractivity contribution in [1.82, 2.24) is 9.62 Å². The number of nitrogens with zero attached hydrogens (tertiary/aromatic N) is 1. The van der Waals surface area contributed by atoms with E-state index in [0.717, 1.165) is 6.42 Å². The zero-order valence-electron chi connectivity index (χ0n) is 13.8. The first-order chi connectivity index (χ1) is 10.7. The molecule has 0 bridgehead atoms. The minimum atomic E-state index is -3.78. The molecule has 0 radical (unpaired) electrons. The van der Waals surface area contributed by atoms with Gasteiger partial charge in [-0.15, -0.1) is 0 Å². The number of ether oxygens (including phenoxy) is 1. The lowest BCUT2D eigenvalue weighted by molar-refractivity contribution is -0.130. The Morgan fingerprint density at radius 1 is 1.43 bits per heavy atom. The van der Waals surface area contributed by atoms with E-state index in [1.807, 2.05) is 13.8 Å². The maximum Gasteiger partial charge on any atom is 0.244 e. The van der Waals surface area contributed by atoms with Crippen molar-refractivity contribution in [2.24, 2.45) is 0 Å². The molecule has 1 unspecified atom stereocenters. The third-order valence-corrected chi connectivity index (χ3v) is 5.30. The number of amides is 1. The summed E-state index contributed by atoms with van der Waals surface area (Å²) in [4.78, 5) is 13.2. The molecular weight excluding hydrogens is 340 g/mol. The Balaban J connectivity index is 2.84. The summed E-state index contributed by atoms with van der Waals surface area (Å²) in [5.74, 6) is 0.131. The van der Waals surface area contributed by atoms with Gasteiger partial charge in [0.05, 0.1) is 7.11 Å². The largest absolute Gasteiger partial charge is 0.495 e. The van der Waals surface area contributed by atoms with Crippen molar-refractivity contribution < 1.29 is 17.9 Å². The first kappa shape index (κ1) is 19.7. The van der Waals surface area contributed by atoms with Crippen molar-refractivity contribution >= 4 is 27.5 Å². The van der Waals surface area contributed by atoms with Gasteiger partial charge in [-0.25, -0.2) is 13.1 Å². The van der Waals surface area contributed by atoms with E-state index >= 15 is 0 Å². The van der Waals surface area contributed by atoms with Crippen LogP contribution >= 0.6 is 11.6 Å². The third kappa shape index (κ3) is 5.37. The summed E-state index contributed by atoms with van der Waals surface area (Å²) in [6, 6.07) is 4.44. The number of halogens is 1. The van der Waals surface area contributed by atoms with Gasteiger partial charge in [-0.1, -0.05) is 18.5 Å². The topological polar surface area (TPSA) is 75.7 Å². The highest BCUT2D eigenvalue weighted by Crippen LogP contribution is 2.26. The Labute approximate surface area is 142 Å². The van der Waals surface area contributed by atoms with E-state index in [4.69, 9.17) is 16.3 Å². The summed E-state index contributed by atoms with van der Waals surface area (Å²) in [5.41, 5.74) is 0. The summed E-state index contributed by atoms with van der Waals surface area (Å²) >= 11 is 5.87. The van der Waals surface area contributed by atoms with Crippen molar-refractivity contribution in [2.45, 2.75) is 38.1 Å². The van der Waals surface area contributed by atoms with E-state index < -0.39 is 10.0 Å². The van der Waals surface area contributed by atoms with Crippen LogP contribution in [0.3, 0.4) is 0 Å². The number of sulfonamides is 1. The first-order valence-electron chi connectivity index (χ1n) is 7.33. The van der Waals surface area contributed by atoms with E-state index in [0.29, 0.717) is 11.6 Å². The van der Waals surface area contributed by atoms with Crippen LogP contribution in [0, 0.1) is 0 Å². The van der Waals surface area contributed by atoms with Crippen LogP contribution < -0.4 is 9.46 Å². The molecule has 1 N–H and O–H groups in total. The van der Waals surface area contributed by atoms with E-state index in [1.54, 1.807) is 11.0 Å². The number of hydrogen-bond donors (Lipinski definition) is 1. The fourth-order valence-corrected chi connectivity index (χ4v) is 3.60. The zero-order chi connectivity index (χ0) is 17.6. The number of benzene rings is 1. The number of methoxy groups -OCH3 is 1. The molecule has 1 aromatic carbocycles. The molecule has 0 aliphatic carbocycles. The van der Waals surface area contributed by atoms with Crippen molar-refractivity contribution in [3.8, 4) is 5.75 Å². The quantitative estimate of drug-likeness (QED) is 0.769. The lowest BCUT2D eigenvalue weighted by Crippen LogP contribution is -2.42. The van der Waals surface area contributed by atoms with Gasteiger partial charge < -0.3 is 9.64 Å². The molecule has 23 heavy (non-hydrogen) atoms. The summed E-state index contributed by atoms with van der Waals surface area (Å²) in [6.45, 7) is 5.78. The van der Waals surface area contributed by atoms with Gasteiger partial charge in [0.25, 0.3) is 0 Å². The molecule has 0 heterocycles. The van der Waals surface area contributed by atoms with Gasteiger partial charge in [0.15, 0.2) is 0 Å². The van der Waals surface area contributed by atoms with Crippen LogP contribution in [0.1, 0.15) is 27.2 Å². The van der Waals surface area contributed by atoms with Crippen LogP contribution in [-0.4, -0.2) is 45.5 Å². The lowest BCUT2D eigenvalue weighted by Gasteiger charge is -2.27. The predicted octanol–water partition coefficient (Wildman–Crippen LogP) is 2.27. The summed E-state index contributed by atoms with van der Waals surface area (Å²) in [5, 5.41) is 0.302. The van der Waals surface area contributed by atoms with E-state index in [1.165, 1.54) is 26.2 Å². The Hall–Kier alpha value is -1.31. The van der Waals surface area contributed by atoms with Crippen molar-refractivity contribution in [3.05, 3.63) is 23.2 Å². The molecule has 1 amide bonds. The number of carbonyl (C=O) groups excluding carboxylic acids is 1. The average molecular weight is 363 g/mol. The molecule has 1 aromatic rings. The fraction of sp³-hybridized carbons (Fsp3) is 0.533. The van der Waals surface area contributed by atoms with Gasteiger partial charge in [0.2, 0.25) is 15.9 Å². The normalized spacial score (nSPS) is 12.7. The second-order valence-corrected chi connectivity index (χ2v) is 7.33. The SMILES string of the molecule is CCC(C)N(CCNS(=O)(=O)c1cc(Cl)ccc1OC)C(C)=O. The van der Waals surface area contributed by atoms with E-state index in [9.17, 15) is 13.2 Å². The summed E-state index contributed by atoms with van der Waals surface area (Å²) in [7, 11) is -2.39. The van der Waals surface area contributed by atoms with Crippen LogP contribution in [0.2, 0.25) is 5.02 Å². The highest BCUT2D eigenvalue weighted by molar-refractivity contribution is 7.89. The van der Waals surface area contributed by atoms with Crippen LogP contribution in [0.15, 0.2) is 23.1 Å². The predicted molar refractivity (Wildman–Crippen MR) is 90.3 cm³/mol. The molecule has 0 spiro atoms. The molecule has 0 aromatic heterocycles. The smallest absolute Gasteiger partial charge is 0.244 e. The molecule has 0 aliphatic heterocycles. The molecule has 130 valence electrons. The van der Waals surface area contributed by atoms with Gasteiger partial charge >= 0.3 is 0 Å². The van der Waals surface area contributed by atoms with Gasteiger partial charge in [0.1, 0.15) is 10.6 Å². The Bertz CT molecular complexity index is 649. The first-order valence-corrected chi connectivity index (χ1v) is 9.19. The van der Waals surface area contributed by atoms with Gasteiger partial charge in [-0.3, -0.25) is 4.79 Å². The fourth-order valence-electron chi connectivity index (χ4n) is 2.15. The molecule has 6 nitrogen and oxygen atoms in total. The Morgan fingerprint density at radius 2 is 2.09 bits per heavy atom. The van der Waals surface area contributed by atoms with Crippen molar-refractivity contribution in [2.75, 3.05) is 20.2 Å². The number of carbonyl (C=O) groups is 1. The molecule has 0 saturated carbocycles. The second-order valence-electron chi connectivity index (χ2n) is 5.16. The highest BCUT2D eigenvalue weighted by Gasteiger charge is 2.21. The van der Waals surface area contributed by atoms with Gasteiger partial charge in [0, 0.05) is 31.1 Å². The number of hydrogen-bond acceptors (Lipinski definition) is 4. The number of nitrogens with one attached hydrogen (secondary N) is 1. The van der Waals surface area contributed by atoms with E-state index in [-0.39, 0.29) is 29.1 Å². The molecule has 8 heteroatoms.